The van der Waals surface area contributed by atoms with Crippen molar-refractivity contribution in [2.75, 3.05) is 5.32 Å². The van der Waals surface area contributed by atoms with Gasteiger partial charge in [0.25, 0.3) is 5.56 Å². The molecule has 3 aromatic rings. The van der Waals surface area contributed by atoms with E-state index in [0.29, 0.717) is 33.2 Å². The average Bonchev–Trinajstić information content (AvgIpc) is 3.01. The van der Waals surface area contributed by atoms with E-state index in [1.165, 1.54) is 11.6 Å². The molecule has 0 bridgehead atoms. The summed E-state index contributed by atoms with van der Waals surface area (Å²) in [6.45, 7) is 0. The number of allylic oxidation sites excluding steroid dienone is 1. The summed E-state index contributed by atoms with van der Waals surface area (Å²) in [6.07, 6.45) is 0. The Hall–Kier alpha value is -3.38. The number of Topliss-reactive ketones (excluding diaryl/α,β-unsaturated/α-hetero) is 1. The third-order valence-electron chi connectivity index (χ3n) is 5.66. The van der Waals surface area contributed by atoms with Crippen molar-refractivity contribution < 1.29 is 4.79 Å². The van der Waals surface area contributed by atoms with Gasteiger partial charge in [-0.15, -0.1) is 0 Å². The molecule has 0 amide bonds. The highest BCUT2D eigenvalue weighted by atomic mass is 35.5. The van der Waals surface area contributed by atoms with Crippen molar-refractivity contribution in [3.63, 3.8) is 0 Å². The van der Waals surface area contributed by atoms with E-state index in [-0.39, 0.29) is 5.78 Å². The quantitative estimate of drug-likeness (QED) is 0.675. The molecule has 1 atom stereocenters. The van der Waals surface area contributed by atoms with Crippen molar-refractivity contribution in [2.24, 2.45) is 14.1 Å². The smallest absolute Gasteiger partial charge is 0.332 e. The van der Waals surface area contributed by atoms with Crippen molar-refractivity contribution in [2.45, 2.75) is 5.92 Å². The third-order valence-corrected chi connectivity index (χ3v) is 5.89. The van der Waals surface area contributed by atoms with Crippen LogP contribution in [0.15, 0.2) is 63.7 Å². The van der Waals surface area contributed by atoms with Crippen LogP contribution in [0.4, 0.5) is 5.82 Å². The second-order valence-corrected chi connectivity index (χ2v) is 7.68. The van der Waals surface area contributed by atoms with Gasteiger partial charge in [-0.05, 0) is 17.7 Å². The van der Waals surface area contributed by atoms with Gasteiger partial charge in [0.2, 0.25) is 0 Å². The highest BCUT2D eigenvalue weighted by Gasteiger charge is 2.42. The number of carbonyl (C=O) groups excluding carboxylic acids is 1. The van der Waals surface area contributed by atoms with Crippen LogP contribution < -0.4 is 16.6 Å². The number of benzene rings is 2. The van der Waals surface area contributed by atoms with E-state index in [0.717, 1.165) is 15.7 Å². The molecule has 6 nitrogen and oxygen atoms in total. The molecule has 1 aromatic heterocycles. The molecule has 144 valence electrons. The fourth-order valence-electron chi connectivity index (χ4n) is 4.28. The molecule has 0 spiro atoms. The Morgan fingerprint density at radius 1 is 0.931 bits per heavy atom. The maximum atomic E-state index is 13.3. The molecule has 0 unspecified atom stereocenters. The highest BCUT2D eigenvalue weighted by Crippen LogP contribution is 2.47. The molecule has 0 radical (unpaired) electrons. The fourth-order valence-corrected chi connectivity index (χ4v) is 4.48. The maximum absolute atomic E-state index is 13.3. The van der Waals surface area contributed by atoms with E-state index in [2.05, 4.69) is 5.32 Å². The van der Waals surface area contributed by atoms with E-state index >= 15 is 0 Å². The fraction of sp³-hybridized carbons (Fsp3) is 0.136. The second kappa shape index (κ2) is 6.06. The number of hydrogen-bond donors (Lipinski definition) is 1. The Bertz CT molecular complexity index is 1380. The molecule has 0 fully saturated rings. The summed E-state index contributed by atoms with van der Waals surface area (Å²) >= 11 is 6.23. The molecule has 0 saturated carbocycles. The summed E-state index contributed by atoms with van der Waals surface area (Å²) in [5.41, 5.74) is 2.68. The van der Waals surface area contributed by atoms with Crippen LogP contribution in [0.5, 0.6) is 0 Å². The summed E-state index contributed by atoms with van der Waals surface area (Å²) in [4.78, 5) is 39.1. The molecular formula is C22H16ClN3O3. The lowest BCUT2D eigenvalue weighted by atomic mass is 9.81. The van der Waals surface area contributed by atoms with Crippen molar-refractivity contribution in [1.29, 1.82) is 0 Å². The van der Waals surface area contributed by atoms with Crippen molar-refractivity contribution in [3.05, 3.63) is 102 Å². The SMILES string of the molecule is Cn1c2c(c(=O)n(C)c1=O)[C@@H](c1cccc(Cl)c1)C1=C(N2)c2ccccc2C1=O. The van der Waals surface area contributed by atoms with Crippen LogP contribution in [0.2, 0.25) is 5.02 Å². The molecule has 2 aromatic carbocycles. The number of nitrogens with zero attached hydrogens (tertiary/aromatic N) is 2. The Morgan fingerprint density at radius 2 is 1.66 bits per heavy atom. The molecular weight excluding hydrogens is 390 g/mol. The predicted molar refractivity (Wildman–Crippen MR) is 112 cm³/mol. The number of halogens is 1. The molecule has 5 rings (SSSR count). The van der Waals surface area contributed by atoms with Crippen molar-refractivity contribution in [1.82, 2.24) is 9.13 Å². The molecule has 2 aliphatic rings. The number of rotatable bonds is 1. The summed E-state index contributed by atoms with van der Waals surface area (Å²) in [5.74, 6) is -0.369. The van der Waals surface area contributed by atoms with Crippen molar-refractivity contribution >= 4 is 28.9 Å². The highest BCUT2D eigenvalue weighted by molar-refractivity contribution is 6.30. The minimum atomic E-state index is -0.634. The lowest BCUT2D eigenvalue weighted by Gasteiger charge is -2.29. The lowest BCUT2D eigenvalue weighted by Crippen LogP contribution is -2.42. The van der Waals surface area contributed by atoms with Crippen LogP contribution in [0.25, 0.3) is 5.70 Å². The summed E-state index contributed by atoms with van der Waals surface area (Å²) in [5, 5.41) is 3.72. The first-order valence-electron chi connectivity index (χ1n) is 9.10. The zero-order chi connectivity index (χ0) is 20.4. The zero-order valence-electron chi connectivity index (χ0n) is 15.7. The molecule has 29 heavy (non-hydrogen) atoms. The standard InChI is InChI=1S/C22H16ClN3O3/c1-25-20-17(21(28)26(2)22(25)29)15(11-6-5-7-12(23)10-11)16-18(24-20)13-8-3-4-9-14(13)19(16)27/h3-10,15,24H,1-2H3/t15-/m0/s1. The van der Waals surface area contributed by atoms with E-state index in [9.17, 15) is 14.4 Å². The number of hydrogen-bond acceptors (Lipinski definition) is 4. The predicted octanol–water partition coefficient (Wildman–Crippen LogP) is 2.90. The summed E-state index contributed by atoms with van der Waals surface area (Å²) < 4.78 is 2.47. The summed E-state index contributed by atoms with van der Waals surface area (Å²) in [6, 6.07) is 14.4. The molecule has 1 aliphatic heterocycles. The van der Waals surface area contributed by atoms with Crippen LogP contribution in [-0.4, -0.2) is 14.9 Å². The molecule has 1 N–H and O–H groups in total. The Morgan fingerprint density at radius 3 is 2.38 bits per heavy atom. The van der Waals surface area contributed by atoms with Gasteiger partial charge >= 0.3 is 5.69 Å². The number of anilines is 1. The summed E-state index contributed by atoms with van der Waals surface area (Å²) in [7, 11) is 3.05. The van der Waals surface area contributed by atoms with Gasteiger partial charge in [0.05, 0.1) is 11.3 Å². The van der Waals surface area contributed by atoms with E-state index in [1.54, 1.807) is 31.3 Å². The van der Waals surface area contributed by atoms with Crippen LogP contribution in [0.1, 0.15) is 33.0 Å². The van der Waals surface area contributed by atoms with Crippen LogP contribution in [-0.2, 0) is 14.1 Å². The van der Waals surface area contributed by atoms with Crippen LogP contribution in [0, 0.1) is 0 Å². The number of carbonyl (C=O) groups is 1. The van der Waals surface area contributed by atoms with Gasteiger partial charge in [0.1, 0.15) is 5.82 Å². The normalized spacial score (nSPS) is 16.9. The topological polar surface area (TPSA) is 73.1 Å². The average molecular weight is 406 g/mol. The van der Waals surface area contributed by atoms with E-state index in [1.807, 2.05) is 24.3 Å². The minimum absolute atomic E-state index is 0.130. The van der Waals surface area contributed by atoms with Gasteiger partial charge < -0.3 is 5.32 Å². The van der Waals surface area contributed by atoms with Crippen LogP contribution >= 0.6 is 11.6 Å². The van der Waals surface area contributed by atoms with E-state index < -0.39 is 17.2 Å². The molecule has 7 heteroatoms. The third kappa shape index (κ3) is 2.32. The van der Waals surface area contributed by atoms with Gasteiger partial charge in [-0.1, -0.05) is 48.0 Å². The van der Waals surface area contributed by atoms with Gasteiger partial charge in [-0.3, -0.25) is 18.7 Å². The van der Waals surface area contributed by atoms with Gasteiger partial charge in [0.15, 0.2) is 5.78 Å². The Labute approximate surface area is 170 Å². The molecule has 0 saturated heterocycles. The first-order chi connectivity index (χ1) is 13.9. The zero-order valence-corrected chi connectivity index (χ0v) is 16.4. The second-order valence-electron chi connectivity index (χ2n) is 7.24. The first kappa shape index (κ1) is 17.7. The van der Waals surface area contributed by atoms with Gasteiger partial charge in [0, 0.05) is 41.7 Å². The van der Waals surface area contributed by atoms with E-state index in [4.69, 9.17) is 11.6 Å². The van der Waals surface area contributed by atoms with Gasteiger partial charge in [-0.25, -0.2) is 4.79 Å². The number of aromatic nitrogens is 2. The van der Waals surface area contributed by atoms with Crippen LogP contribution in [0.3, 0.4) is 0 Å². The molecule has 1 aliphatic carbocycles. The number of nitrogens with one attached hydrogen (secondary N) is 1. The Balaban J connectivity index is 1.90. The minimum Gasteiger partial charge on any atom is -0.340 e. The monoisotopic (exact) mass is 405 g/mol. The number of fused-ring (bicyclic) bond motifs is 3. The van der Waals surface area contributed by atoms with Gasteiger partial charge in [-0.2, -0.15) is 0 Å². The largest absolute Gasteiger partial charge is 0.340 e. The lowest BCUT2D eigenvalue weighted by molar-refractivity contribution is 0.103. The first-order valence-corrected chi connectivity index (χ1v) is 9.48. The number of ketones is 1. The maximum Gasteiger partial charge on any atom is 0.332 e. The molecule has 2 heterocycles. The van der Waals surface area contributed by atoms with Crippen molar-refractivity contribution in [3.8, 4) is 0 Å². The Kier molecular flexibility index (Phi) is 3.70.